The number of hydrogen-bond donors (Lipinski definition) is 0. The molecule has 5 nitrogen and oxygen atoms in total. The number of methoxy groups -OCH3 is 1. The average molecular weight is 293 g/mol. The normalized spacial score (nSPS) is 22.0. The monoisotopic (exact) mass is 293 g/mol. The van der Waals surface area contributed by atoms with Gasteiger partial charge in [-0.25, -0.2) is 0 Å². The first-order valence-electron chi connectivity index (χ1n) is 7.20. The number of carbonyl (C=O) groups excluding carboxylic acids is 1. The summed E-state index contributed by atoms with van der Waals surface area (Å²) in [6.45, 7) is 7.15. The molecule has 2 unspecified atom stereocenters. The van der Waals surface area contributed by atoms with Crippen LogP contribution in [-0.2, 0) is 9.53 Å². The molecule has 0 aromatic heterocycles. The summed E-state index contributed by atoms with van der Waals surface area (Å²) in [5.74, 6) is 1.21. The van der Waals surface area contributed by atoms with Gasteiger partial charge in [-0.1, -0.05) is 6.07 Å². The molecular formula is C16H23NO4. The molecule has 1 saturated heterocycles. The standard InChI is InChI=1S/C16H23NO4/c1-11-5-6-14(15(7-11)19-4)20-10-16(18)17-8-12(2)21-13(3)9-17/h5-7,12-13H,8-10H2,1-4H3. The predicted molar refractivity (Wildman–Crippen MR) is 79.8 cm³/mol. The van der Waals surface area contributed by atoms with E-state index in [1.54, 1.807) is 12.0 Å². The van der Waals surface area contributed by atoms with Gasteiger partial charge in [0, 0.05) is 13.1 Å². The zero-order valence-corrected chi connectivity index (χ0v) is 13.1. The Morgan fingerprint density at radius 1 is 1.29 bits per heavy atom. The van der Waals surface area contributed by atoms with E-state index in [0.29, 0.717) is 24.6 Å². The summed E-state index contributed by atoms with van der Waals surface area (Å²) < 4.78 is 16.5. The first-order valence-corrected chi connectivity index (χ1v) is 7.20. The largest absolute Gasteiger partial charge is 0.493 e. The lowest BCUT2D eigenvalue weighted by molar-refractivity contribution is -0.145. The van der Waals surface area contributed by atoms with Gasteiger partial charge in [-0.2, -0.15) is 0 Å². The predicted octanol–water partition coefficient (Wildman–Crippen LogP) is 2.02. The summed E-state index contributed by atoms with van der Waals surface area (Å²) in [5, 5.41) is 0. The second-order valence-electron chi connectivity index (χ2n) is 5.50. The van der Waals surface area contributed by atoms with Gasteiger partial charge in [-0.05, 0) is 38.5 Å². The summed E-state index contributed by atoms with van der Waals surface area (Å²) in [4.78, 5) is 14.0. The Morgan fingerprint density at radius 2 is 1.95 bits per heavy atom. The van der Waals surface area contributed by atoms with Crippen LogP contribution >= 0.6 is 0 Å². The molecule has 2 rings (SSSR count). The van der Waals surface area contributed by atoms with E-state index in [-0.39, 0.29) is 24.7 Å². The molecule has 0 radical (unpaired) electrons. The Balaban J connectivity index is 1.95. The Hall–Kier alpha value is -1.75. The molecule has 5 heteroatoms. The van der Waals surface area contributed by atoms with E-state index in [1.165, 1.54) is 0 Å². The van der Waals surface area contributed by atoms with Crippen molar-refractivity contribution in [2.75, 3.05) is 26.8 Å². The number of nitrogens with zero attached hydrogens (tertiary/aromatic N) is 1. The zero-order chi connectivity index (χ0) is 15.4. The highest BCUT2D eigenvalue weighted by Crippen LogP contribution is 2.27. The molecule has 21 heavy (non-hydrogen) atoms. The fourth-order valence-corrected chi connectivity index (χ4v) is 2.51. The molecule has 0 N–H and O–H groups in total. The Bertz CT molecular complexity index is 493. The van der Waals surface area contributed by atoms with Gasteiger partial charge in [-0.15, -0.1) is 0 Å². The number of benzene rings is 1. The van der Waals surface area contributed by atoms with E-state index in [1.807, 2.05) is 39.0 Å². The van der Waals surface area contributed by atoms with Gasteiger partial charge in [0.2, 0.25) is 0 Å². The van der Waals surface area contributed by atoms with Crippen molar-refractivity contribution in [3.05, 3.63) is 23.8 Å². The van der Waals surface area contributed by atoms with Crippen molar-refractivity contribution in [3.8, 4) is 11.5 Å². The van der Waals surface area contributed by atoms with E-state index in [9.17, 15) is 4.79 Å². The minimum absolute atomic E-state index is 0.0128. The van der Waals surface area contributed by atoms with Gasteiger partial charge in [-0.3, -0.25) is 4.79 Å². The number of ether oxygens (including phenoxy) is 3. The van der Waals surface area contributed by atoms with Crippen LogP contribution in [0.3, 0.4) is 0 Å². The highest BCUT2D eigenvalue weighted by molar-refractivity contribution is 5.78. The van der Waals surface area contributed by atoms with Crippen LogP contribution in [0.5, 0.6) is 11.5 Å². The Kier molecular flexibility index (Phi) is 5.07. The molecule has 1 aliphatic heterocycles. The fraction of sp³-hybridized carbons (Fsp3) is 0.562. The van der Waals surface area contributed by atoms with Crippen molar-refractivity contribution in [1.82, 2.24) is 4.90 Å². The van der Waals surface area contributed by atoms with Crippen molar-refractivity contribution in [2.45, 2.75) is 33.0 Å². The molecule has 116 valence electrons. The lowest BCUT2D eigenvalue weighted by Crippen LogP contribution is -2.49. The zero-order valence-electron chi connectivity index (χ0n) is 13.1. The number of carbonyl (C=O) groups is 1. The lowest BCUT2D eigenvalue weighted by atomic mass is 10.2. The molecule has 2 atom stereocenters. The molecular weight excluding hydrogens is 270 g/mol. The first-order chi connectivity index (χ1) is 9.99. The Morgan fingerprint density at radius 3 is 2.57 bits per heavy atom. The summed E-state index contributed by atoms with van der Waals surface area (Å²) in [5.41, 5.74) is 1.08. The maximum absolute atomic E-state index is 12.2. The van der Waals surface area contributed by atoms with Crippen molar-refractivity contribution in [2.24, 2.45) is 0 Å². The molecule has 1 aromatic carbocycles. The third-order valence-electron chi connectivity index (χ3n) is 3.44. The number of hydrogen-bond acceptors (Lipinski definition) is 4. The van der Waals surface area contributed by atoms with Crippen molar-refractivity contribution >= 4 is 5.91 Å². The van der Waals surface area contributed by atoms with E-state index in [4.69, 9.17) is 14.2 Å². The van der Waals surface area contributed by atoms with Crippen LogP contribution in [0, 0.1) is 6.92 Å². The number of rotatable bonds is 4. The Labute approximate surface area is 125 Å². The molecule has 1 fully saturated rings. The van der Waals surface area contributed by atoms with Crippen LogP contribution in [0.4, 0.5) is 0 Å². The number of amides is 1. The van der Waals surface area contributed by atoms with Crippen LogP contribution < -0.4 is 9.47 Å². The summed E-state index contributed by atoms with van der Waals surface area (Å²) >= 11 is 0. The topological polar surface area (TPSA) is 48.0 Å². The quantitative estimate of drug-likeness (QED) is 0.852. The average Bonchev–Trinajstić information content (AvgIpc) is 2.44. The molecule has 1 heterocycles. The van der Waals surface area contributed by atoms with Gasteiger partial charge in [0.1, 0.15) is 0 Å². The maximum Gasteiger partial charge on any atom is 0.260 e. The smallest absolute Gasteiger partial charge is 0.260 e. The van der Waals surface area contributed by atoms with E-state index in [2.05, 4.69) is 0 Å². The first kappa shape index (κ1) is 15.6. The second-order valence-corrected chi connectivity index (χ2v) is 5.50. The van der Waals surface area contributed by atoms with Crippen LogP contribution in [0.15, 0.2) is 18.2 Å². The van der Waals surface area contributed by atoms with Gasteiger partial charge in [0.15, 0.2) is 18.1 Å². The third kappa shape index (κ3) is 4.11. The third-order valence-corrected chi connectivity index (χ3v) is 3.44. The maximum atomic E-state index is 12.2. The van der Waals surface area contributed by atoms with Gasteiger partial charge in [0.05, 0.1) is 19.3 Å². The molecule has 1 amide bonds. The molecule has 0 bridgehead atoms. The SMILES string of the molecule is COc1cc(C)ccc1OCC(=O)N1CC(C)OC(C)C1. The van der Waals surface area contributed by atoms with Gasteiger partial charge >= 0.3 is 0 Å². The van der Waals surface area contributed by atoms with Crippen molar-refractivity contribution < 1.29 is 19.0 Å². The molecule has 1 aliphatic rings. The molecule has 0 saturated carbocycles. The number of aryl methyl sites for hydroxylation is 1. The van der Waals surface area contributed by atoms with Gasteiger partial charge in [0.25, 0.3) is 5.91 Å². The summed E-state index contributed by atoms with van der Waals surface area (Å²) in [6, 6.07) is 5.64. The number of morpholine rings is 1. The lowest BCUT2D eigenvalue weighted by Gasteiger charge is -2.35. The highest BCUT2D eigenvalue weighted by Gasteiger charge is 2.26. The summed E-state index contributed by atoms with van der Waals surface area (Å²) in [6.07, 6.45) is 0.123. The second kappa shape index (κ2) is 6.80. The minimum atomic E-state index is -0.0281. The van der Waals surface area contributed by atoms with E-state index < -0.39 is 0 Å². The molecule has 0 aliphatic carbocycles. The van der Waals surface area contributed by atoms with E-state index >= 15 is 0 Å². The minimum Gasteiger partial charge on any atom is -0.493 e. The summed E-state index contributed by atoms with van der Waals surface area (Å²) in [7, 11) is 1.59. The van der Waals surface area contributed by atoms with Crippen LogP contribution in [0.1, 0.15) is 19.4 Å². The molecule has 0 spiro atoms. The van der Waals surface area contributed by atoms with E-state index in [0.717, 1.165) is 5.56 Å². The van der Waals surface area contributed by atoms with Crippen LogP contribution in [-0.4, -0.2) is 49.8 Å². The van der Waals surface area contributed by atoms with Crippen LogP contribution in [0.2, 0.25) is 0 Å². The highest BCUT2D eigenvalue weighted by atomic mass is 16.5. The van der Waals surface area contributed by atoms with Crippen molar-refractivity contribution in [3.63, 3.8) is 0 Å². The van der Waals surface area contributed by atoms with Crippen LogP contribution in [0.25, 0.3) is 0 Å². The molecule has 1 aromatic rings. The van der Waals surface area contributed by atoms with Gasteiger partial charge < -0.3 is 19.1 Å². The van der Waals surface area contributed by atoms with Crippen molar-refractivity contribution in [1.29, 1.82) is 0 Å². The fourth-order valence-electron chi connectivity index (χ4n) is 2.51.